The lowest BCUT2D eigenvalue weighted by Gasteiger charge is -2.23. The molecule has 3 heterocycles. The van der Waals surface area contributed by atoms with Gasteiger partial charge in [0, 0.05) is 17.8 Å². The molecule has 0 bridgehead atoms. The monoisotopic (exact) mass is 491 g/mol. The summed E-state index contributed by atoms with van der Waals surface area (Å²) < 4.78 is 42.8. The number of hydrogen-bond acceptors (Lipinski definition) is 8. The molecule has 14 heteroatoms. The lowest BCUT2D eigenvalue weighted by Crippen LogP contribution is -2.30. The second kappa shape index (κ2) is 8.17. The fourth-order valence-corrected chi connectivity index (χ4v) is 3.96. The van der Waals surface area contributed by atoms with Gasteiger partial charge in [0.25, 0.3) is 12.0 Å². The lowest BCUT2D eigenvalue weighted by atomic mass is 10.1. The predicted molar refractivity (Wildman–Crippen MR) is 119 cm³/mol. The number of nitrogens with one attached hydrogen (secondary N) is 2. The van der Waals surface area contributed by atoms with Crippen LogP contribution in [0.15, 0.2) is 29.2 Å². The van der Waals surface area contributed by atoms with Crippen molar-refractivity contribution in [3.05, 3.63) is 57.0 Å². The minimum Gasteiger partial charge on any atom is -0.382 e. The molecular weight excluding hydrogens is 475 g/mol. The highest BCUT2D eigenvalue weighted by molar-refractivity contribution is 6.35. The summed E-state index contributed by atoms with van der Waals surface area (Å²) >= 11 is 6.26. The van der Waals surface area contributed by atoms with E-state index in [9.17, 15) is 18.0 Å². The van der Waals surface area contributed by atoms with E-state index in [1.54, 1.807) is 0 Å². The molecule has 1 fully saturated rings. The third-order valence-corrected chi connectivity index (χ3v) is 5.87. The maximum Gasteiger partial charge on any atom is 0.267 e. The van der Waals surface area contributed by atoms with Crippen LogP contribution in [0.2, 0.25) is 5.02 Å². The Morgan fingerprint density at radius 2 is 1.97 bits per heavy atom. The summed E-state index contributed by atoms with van der Waals surface area (Å²) in [6, 6.07) is 2.34. The number of alkyl halides is 2. The van der Waals surface area contributed by atoms with Crippen LogP contribution < -0.4 is 22.3 Å². The van der Waals surface area contributed by atoms with Crippen molar-refractivity contribution in [2.75, 3.05) is 16.8 Å². The third-order valence-electron chi connectivity index (χ3n) is 5.50. The lowest BCUT2D eigenvalue weighted by molar-refractivity contribution is 0.152. The smallest absolute Gasteiger partial charge is 0.267 e. The van der Waals surface area contributed by atoms with Crippen molar-refractivity contribution in [3.63, 3.8) is 0 Å². The molecule has 1 aliphatic rings. The molecule has 0 amide bonds. The van der Waals surface area contributed by atoms with Crippen LogP contribution >= 0.6 is 11.6 Å². The first-order valence-corrected chi connectivity index (χ1v) is 10.5. The number of fused-ring (bicyclic) bond motifs is 1. The number of H-pyrrole nitrogens is 1. The van der Waals surface area contributed by atoms with Gasteiger partial charge in [-0.1, -0.05) is 11.6 Å². The second-order valence-corrected chi connectivity index (χ2v) is 8.20. The average Bonchev–Trinajstić information content (AvgIpc) is 3.48. The van der Waals surface area contributed by atoms with Crippen molar-refractivity contribution < 1.29 is 13.2 Å². The van der Waals surface area contributed by atoms with Crippen LogP contribution in [0.4, 0.5) is 30.8 Å². The quantitative estimate of drug-likeness (QED) is 0.320. The number of anilines is 3. The van der Waals surface area contributed by atoms with Crippen LogP contribution in [0.5, 0.6) is 0 Å². The molecule has 1 atom stereocenters. The number of benzene rings is 1. The van der Waals surface area contributed by atoms with E-state index in [1.165, 1.54) is 12.3 Å². The molecule has 0 saturated heterocycles. The molecule has 3 aromatic heterocycles. The molecule has 1 saturated carbocycles. The first kappa shape index (κ1) is 21.9. The Labute approximate surface area is 194 Å². The average molecular weight is 492 g/mol. The number of rotatable bonds is 6. The number of nitrogens with two attached hydrogens (primary N) is 2. The van der Waals surface area contributed by atoms with Crippen molar-refractivity contribution >= 4 is 40.1 Å². The molecule has 1 unspecified atom stereocenters. The maximum absolute atomic E-state index is 14.1. The van der Waals surface area contributed by atoms with Gasteiger partial charge in [0.15, 0.2) is 11.6 Å². The molecule has 0 radical (unpaired) electrons. The molecule has 5 rings (SSSR count). The molecule has 6 N–H and O–H groups in total. The largest absolute Gasteiger partial charge is 0.382 e. The fraction of sp³-hybridized carbons (Fsp3) is 0.250. The van der Waals surface area contributed by atoms with Gasteiger partial charge in [0.1, 0.15) is 22.5 Å². The van der Waals surface area contributed by atoms with Gasteiger partial charge in [-0.05, 0) is 30.9 Å². The number of halogens is 4. The molecular formula is C20H17ClF3N9O. The van der Waals surface area contributed by atoms with Crippen molar-refractivity contribution in [1.29, 1.82) is 0 Å². The number of nitrogens with zero attached hydrogens (tertiary/aromatic N) is 5. The van der Waals surface area contributed by atoms with E-state index in [2.05, 4.69) is 30.5 Å². The molecule has 10 nitrogen and oxygen atoms in total. The van der Waals surface area contributed by atoms with Crippen molar-refractivity contribution in [3.8, 4) is 5.82 Å². The van der Waals surface area contributed by atoms with Gasteiger partial charge in [0.2, 0.25) is 5.95 Å². The van der Waals surface area contributed by atoms with E-state index in [4.69, 9.17) is 23.1 Å². The zero-order valence-corrected chi connectivity index (χ0v) is 18.0. The Morgan fingerprint density at radius 1 is 1.21 bits per heavy atom. The van der Waals surface area contributed by atoms with Crippen LogP contribution in [0.25, 0.3) is 16.7 Å². The molecule has 0 spiro atoms. The Bertz CT molecular complexity index is 1450. The Balaban J connectivity index is 1.78. The van der Waals surface area contributed by atoms with E-state index in [-0.39, 0.29) is 51.1 Å². The maximum atomic E-state index is 14.1. The number of nitrogen functional groups attached to an aromatic ring is 2. The van der Waals surface area contributed by atoms with Crippen molar-refractivity contribution in [2.24, 2.45) is 5.92 Å². The Kier molecular flexibility index (Phi) is 5.27. The third kappa shape index (κ3) is 3.77. The Morgan fingerprint density at radius 3 is 2.62 bits per heavy atom. The first-order valence-electron chi connectivity index (χ1n) is 10.1. The zero-order valence-electron chi connectivity index (χ0n) is 17.3. The minimum atomic E-state index is -3.05. The van der Waals surface area contributed by atoms with Crippen LogP contribution in [-0.4, -0.2) is 29.7 Å². The summed E-state index contributed by atoms with van der Waals surface area (Å²) in [7, 11) is 0. The van der Waals surface area contributed by atoms with Gasteiger partial charge in [-0.15, -0.1) is 0 Å². The molecule has 1 aliphatic carbocycles. The number of aromatic amines is 1. The first-order chi connectivity index (χ1) is 16.2. The fourth-order valence-electron chi connectivity index (χ4n) is 3.82. The number of hydrogen-bond donors (Lipinski definition) is 4. The zero-order chi connectivity index (χ0) is 24.1. The van der Waals surface area contributed by atoms with Crippen molar-refractivity contribution in [2.45, 2.75) is 25.3 Å². The normalized spacial score (nSPS) is 14.6. The van der Waals surface area contributed by atoms with Gasteiger partial charge in [-0.3, -0.25) is 9.89 Å². The van der Waals surface area contributed by atoms with Crippen LogP contribution in [0.3, 0.4) is 0 Å². The van der Waals surface area contributed by atoms with E-state index < -0.39 is 29.4 Å². The Hall–Kier alpha value is -3.87. The highest BCUT2D eigenvalue weighted by atomic mass is 35.5. The van der Waals surface area contributed by atoms with Crippen LogP contribution in [-0.2, 0) is 0 Å². The summed E-state index contributed by atoms with van der Waals surface area (Å²) in [5.74, 6) is -0.884. The van der Waals surface area contributed by atoms with Crippen LogP contribution in [0.1, 0.15) is 36.7 Å². The van der Waals surface area contributed by atoms with E-state index in [0.717, 1.165) is 23.5 Å². The molecule has 0 aliphatic heterocycles. The highest BCUT2D eigenvalue weighted by Gasteiger charge is 2.37. The molecule has 4 aromatic rings. The van der Waals surface area contributed by atoms with Gasteiger partial charge < -0.3 is 16.8 Å². The van der Waals surface area contributed by atoms with Gasteiger partial charge >= 0.3 is 0 Å². The predicted octanol–water partition coefficient (Wildman–Crippen LogP) is 3.36. The summed E-state index contributed by atoms with van der Waals surface area (Å²) in [6.07, 6.45) is -0.0632. The summed E-state index contributed by atoms with van der Waals surface area (Å²) in [6.45, 7) is 0. The number of aromatic nitrogens is 6. The second-order valence-electron chi connectivity index (χ2n) is 7.82. The van der Waals surface area contributed by atoms with E-state index in [0.29, 0.717) is 6.07 Å². The molecule has 34 heavy (non-hydrogen) atoms. The summed E-state index contributed by atoms with van der Waals surface area (Å²) in [4.78, 5) is 25.8. The topological polar surface area (TPSA) is 153 Å². The summed E-state index contributed by atoms with van der Waals surface area (Å²) in [5.41, 5.74) is 9.75. The van der Waals surface area contributed by atoms with E-state index in [1.807, 2.05) is 0 Å². The molecule has 176 valence electrons. The van der Waals surface area contributed by atoms with Gasteiger partial charge in [0.05, 0.1) is 16.9 Å². The highest BCUT2D eigenvalue weighted by Crippen LogP contribution is 2.44. The molecule has 1 aromatic carbocycles. The van der Waals surface area contributed by atoms with Gasteiger partial charge in [-0.2, -0.15) is 15.1 Å². The van der Waals surface area contributed by atoms with Crippen molar-refractivity contribution in [1.82, 2.24) is 29.7 Å². The standard InChI is InChI=1S/C20H17ClF3N9O/c21-12-16(25)30-20(26)31-17(12)28-13(7-1-2-7)18-29-14-9(15(23)24)5-8(22)6-10(14)19(34)33(18)11-3-4-27-32-11/h3-7,13,15H,1-2H2,(H,27,32)(H5,25,26,28,30,31). The van der Waals surface area contributed by atoms with Crippen LogP contribution in [0, 0.1) is 11.7 Å². The SMILES string of the molecule is Nc1nc(N)c(Cl)c(NC(c2nc3c(C(F)F)cc(F)cc3c(=O)n2-c2cc[nH]n2)C2CC2)n1. The minimum absolute atomic E-state index is 0.00430. The summed E-state index contributed by atoms with van der Waals surface area (Å²) in [5, 5.41) is 9.45. The van der Waals surface area contributed by atoms with Gasteiger partial charge in [-0.25, -0.2) is 22.7 Å². The van der Waals surface area contributed by atoms with E-state index >= 15 is 0 Å².